The smallest absolute Gasteiger partial charge is 0.309 e. The lowest BCUT2D eigenvalue weighted by Crippen LogP contribution is -2.06. The maximum absolute atomic E-state index is 11.5. The second-order valence-electron chi connectivity index (χ2n) is 4.00. The molecule has 0 atom stereocenters. The normalized spacial score (nSPS) is 20.1. The van der Waals surface area contributed by atoms with E-state index >= 15 is 0 Å². The van der Waals surface area contributed by atoms with E-state index in [9.17, 15) is 9.59 Å². The first kappa shape index (κ1) is 10.1. The molecule has 0 heterocycles. The molecule has 15 heavy (non-hydrogen) atoms. The van der Waals surface area contributed by atoms with E-state index in [-0.39, 0.29) is 11.8 Å². The molecule has 2 rings (SSSR count). The molecule has 0 amide bonds. The third kappa shape index (κ3) is 2.01. The van der Waals surface area contributed by atoms with Crippen LogP contribution in [-0.4, -0.2) is 18.9 Å². The lowest BCUT2D eigenvalue weighted by Gasteiger charge is -2.13. The summed E-state index contributed by atoms with van der Waals surface area (Å²) < 4.78 is 4.61. The van der Waals surface area contributed by atoms with E-state index in [4.69, 9.17) is 0 Å². The van der Waals surface area contributed by atoms with Crippen LogP contribution in [0.1, 0.15) is 32.1 Å². The summed E-state index contributed by atoms with van der Waals surface area (Å²) in [6, 6.07) is 0. The number of methoxy groups -OCH3 is 1. The molecule has 3 heteroatoms. The van der Waals surface area contributed by atoms with Crippen LogP contribution in [0.5, 0.6) is 0 Å². The van der Waals surface area contributed by atoms with Gasteiger partial charge in [-0.1, -0.05) is 17.2 Å². The summed E-state index contributed by atoms with van der Waals surface area (Å²) >= 11 is 0. The molecule has 0 bridgehead atoms. The first-order chi connectivity index (χ1) is 7.20. The number of ketones is 1. The molecule has 0 spiro atoms. The second-order valence-corrected chi connectivity index (χ2v) is 4.00. The highest BCUT2D eigenvalue weighted by Crippen LogP contribution is 2.34. The fourth-order valence-corrected chi connectivity index (χ4v) is 2.16. The highest BCUT2D eigenvalue weighted by Gasteiger charge is 2.25. The van der Waals surface area contributed by atoms with E-state index in [1.165, 1.54) is 12.7 Å². The van der Waals surface area contributed by atoms with E-state index < -0.39 is 0 Å². The summed E-state index contributed by atoms with van der Waals surface area (Å²) in [6.45, 7) is 0. The Morgan fingerprint density at radius 1 is 1.33 bits per heavy atom. The van der Waals surface area contributed by atoms with Gasteiger partial charge < -0.3 is 4.74 Å². The molecule has 0 saturated carbocycles. The Hall–Kier alpha value is -1.38. The van der Waals surface area contributed by atoms with Crippen molar-refractivity contribution in [3.8, 4) is 0 Å². The number of ether oxygens (including phenoxy) is 1. The SMILES string of the molecule is COC(=O)CC1=CC2=C(CCC2=O)CC1. The highest BCUT2D eigenvalue weighted by atomic mass is 16.5. The van der Waals surface area contributed by atoms with Crippen LogP contribution < -0.4 is 0 Å². The van der Waals surface area contributed by atoms with E-state index in [1.54, 1.807) is 0 Å². The molecule has 0 aromatic carbocycles. The maximum Gasteiger partial charge on any atom is 0.309 e. The average Bonchev–Trinajstić information content (AvgIpc) is 2.60. The summed E-state index contributed by atoms with van der Waals surface area (Å²) in [4.78, 5) is 22.6. The number of allylic oxidation sites excluding steroid dienone is 3. The molecule has 3 nitrogen and oxygen atoms in total. The number of hydrogen-bond donors (Lipinski definition) is 0. The number of rotatable bonds is 2. The first-order valence-corrected chi connectivity index (χ1v) is 5.22. The monoisotopic (exact) mass is 206 g/mol. The van der Waals surface area contributed by atoms with Crippen molar-refractivity contribution in [2.75, 3.05) is 7.11 Å². The molecular weight excluding hydrogens is 192 g/mol. The third-order valence-electron chi connectivity index (χ3n) is 3.03. The zero-order chi connectivity index (χ0) is 10.8. The molecule has 0 aliphatic heterocycles. The van der Waals surface area contributed by atoms with Gasteiger partial charge in [-0.05, 0) is 19.3 Å². The van der Waals surface area contributed by atoms with Gasteiger partial charge >= 0.3 is 5.97 Å². The van der Waals surface area contributed by atoms with Crippen molar-refractivity contribution in [3.05, 3.63) is 22.8 Å². The third-order valence-corrected chi connectivity index (χ3v) is 3.03. The average molecular weight is 206 g/mol. The Balaban J connectivity index is 2.13. The lowest BCUT2D eigenvalue weighted by molar-refractivity contribution is -0.139. The van der Waals surface area contributed by atoms with Crippen LogP contribution in [0.3, 0.4) is 0 Å². The molecule has 0 saturated heterocycles. The molecule has 0 N–H and O–H groups in total. The Kier molecular flexibility index (Phi) is 2.71. The fourth-order valence-electron chi connectivity index (χ4n) is 2.16. The van der Waals surface area contributed by atoms with Crippen LogP contribution in [0, 0.1) is 0 Å². The molecule has 2 aliphatic rings. The first-order valence-electron chi connectivity index (χ1n) is 5.22. The summed E-state index contributed by atoms with van der Waals surface area (Å²) in [7, 11) is 1.39. The van der Waals surface area contributed by atoms with Crippen molar-refractivity contribution in [1.29, 1.82) is 0 Å². The van der Waals surface area contributed by atoms with Crippen LogP contribution in [0.25, 0.3) is 0 Å². The van der Waals surface area contributed by atoms with E-state index in [2.05, 4.69) is 4.74 Å². The van der Waals surface area contributed by atoms with Crippen molar-refractivity contribution in [2.45, 2.75) is 32.1 Å². The molecular formula is C12H14O3. The summed E-state index contributed by atoms with van der Waals surface area (Å²) in [5.41, 5.74) is 3.16. The molecule has 80 valence electrons. The van der Waals surface area contributed by atoms with Crippen molar-refractivity contribution < 1.29 is 14.3 Å². The van der Waals surface area contributed by atoms with Crippen LogP contribution in [0.2, 0.25) is 0 Å². The largest absolute Gasteiger partial charge is 0.469 e. The van der Waals surface area contributed by atoms with Crippen molar-refractivity contribution in [1.82, 2.24) is 0 Å². The van der Waals surface area contributed by atoms with Crippen LogP contribution >= 0.6 is 0 Å². The predicted molar refractivity (Wildman–Crippen MR) is 55.2 cm³/mol. The minimum Gasteiger partial charge on any atom is -0.469 e. The number of Topliss-reactive ketones (excluding diaryl/α,β-unsaturated/α-hetero) is 1. The second kappa shape index (κ2) is 4.01. The zero-order valence-corrected chi connectivity index (χ0v) is 8.84. The standard InChI is InChI=1S/C12H14O3/c1-15-12(14)7-8-2-3-9-4-5-11(13)10(9)6-8/h6H,2-5,7H2,1H3. The fraction of sp³-hybridized carbons (Fsp3) is 0.500. The molecule has 0 radical (unpaired) electrons. The van der Waals surface area contributed by atoms with Gasteiger partial charge in [0.05, 0.1) is 13.5 Å². The van der Waals surface area contributed by atoms with Crippen LogP contribution in [-0.2, 0) is 14.3 Å². The highest BCUT2D eigenvalue weighted by molar-refractivity contribution is 6.01. The van der Waals surface area contributed by atoms with Crippen LogP contribution in [0.4, 0.5) is 0 Å². The van der Waals surface area contributed by atoms with Gasteiger partial charge in [0.1, 0.15) is 0 Å². The van der Waals surface area contributed by atoms with Crippen LogP contribution in [0.15, 0.2) is 22.8 Å². The number of esters is 1. The Labute approximate surface area is 88.8 Å². The van der Waals surface area contributed by atoms with Crippen molar-refractivity contribution >= 4 is 11.8 Å². The topological polar surface area (TPSA) is 43.4 Å². The van der Waals surface area contributed by atoms with Gasteiger partial charge in [-0.3, -0.25) is 9.59 Å². The Morgan fingerprint density at radius 2 is 2.07 bits per heavy atom. The van der Waals surface area contributed by atoms with Crippen molar-refractivity contribution in [3.63, 3.8) is 0 Å². The molecule has 2 aliphatic carbocycles. The molecule has 0 aromatic rings. The molecule has 0 unspecified atom stereocenters. The lowest BCUT2D eigenvalue weighted by atomic mass is 9.92. The predicted octanol–water partition coefficient (Wildman–Crippen LogP) is 1.93. The Morgan fingerprint density at radius 3 is 2.80 bits per heavy atom. The summed E-state index contributed by atoms with van der Waals surface area (Å²) in [5, 5.41) is 0. The van der Waals surface area contributed by atoms with Gasteiger partial charge in [-0.2, -0.15) is 0 Å². The summed E-state index contributed by atoms with van der Waals surface area (Å²) in [5.74, 6) is 0.00260. The van der Waals surface area contributed by atoms with E-state index in [0.717, 1.165) is 30.4 Å². The van der Waals surface area contributed by atoms with Gasteiger partial charge in [0.2, 0.25) is 0 Å². The van der Waals surface area contributed by atoms with E-state index in [1.807, 2.05) is 6.08 Å². The number of carbonyl (C=O) groups is 2. The maximum atomic E-state index is 11.5. The van der Waals surface area contributed by atoms with Gasteiger partial charge in [-0.25, -0.2) is 0 Å². The molecule has 0 aromatic heterocycles. The minimum absolute atomic E-state index is 0.226. The minimum atomic E-state index is -0.226. The summed E-state index contributed by atoms with van der Waals surface area (Å²) in [6.07, 6.45) is 5.60. The van der Waals surface area contributed by atoms with Gasteiger partial charge in [0, 0.05) is 12.0 Å². The van der Waals surface area contributed by atoms with Crippen molar-refractivity contribution in [2.24, 2.45) is 0 Å². The molecule has 0 fully saturated rings. The van der Waals surface area contributed by atoms with E-state index in [0.29, 0.717) is 12.8 Å². The number of hydrogen-bond acceptors (Lipinski definition) is 3. The number of carbonyl (C=O) groups excluding carboxylic acids is 2. The zero-order valence-electron chi connectivity index (χ0n) is 8.84. The van der Waals surface area contributed by atoms with Gasteiger partial charge in [0.15, 0.2) is 5.78 Å². The Bertz CT molecular complexity index is 374. The van der Waals surface area contributed by atoms with Gasteiger partial charge in [0.25, 0.3) is 0 Å². The quantitative estimate of drug-likeness (QED) is 0.648. The van der Waals surface area contributed by atoms with Gasteiger partial charge in [-0.15, -0.1) is 0 Å².